The van der Waals surface area contributed by atoms with Crippen LogP contribution in [0.2, 0.25) is 0 Å². The van der Waals surface area contributed by atoms with E-state index in [1.807, 2.05) is 18.2 Å². The molecule has 0 bridgehead atoms. The van der Waals surface area contributed by atoms with Gasteiger partial charge in [0.1, 0.15) is 5.75 Å². The Bertz CT molecular complexity index is 736. The third-order valence-corrected chi connectivity index (χ3v) is 3.37. The number of para-hydroxylation sites is 1. The maximum absolute atomic E-state index is 12.4. The van der Waals surface area contributed by atoms with Gasteiger partial charge in [0.05, 0.1) is 24.1 Å². The highest BCUT2D eigenvalue weighted by Gasteiger charge is 2.25. The summed E-state index contributed by atoms with van der Waals surface area (Å²) in [6.45, 7) is 3.49. The van der Waals surface area contributed by atoms with Crippen molar-refractivity contribution in [2.45, 2.75) is 19.3 Å². The Hall–Kier alpha value is -2.28. The van der Waals surface area contributed by atoms with Gasteiger partial charge >= 0.3 is 0 Å². The van der Waals surface area contributed by atoms with Gasteiger partial charge in [-0.05, 0) is 26.0 Å². The number of rotatable bonds is 2. The molecule has 0 radical (unpaired) electrons. The van der Waals surface area contributed by atoms with Crippen molar-refractivity contribution in [3.05, 3.63) is 40.2 Å². The number of aryl methyl sites for hydroxylation is 1. The van der Waals surface area contributed by atoms with Crippen LogP contribution in [0.1, 0.15) is 19.4 Å². The third-order valence-electron chi connectivity index (χ3n) is 3.37. The number of nitriles is 1. The molecule has 0 aliphatic carbocycles. The number of fused-ring (bicyclic) bond motifs is 1. The monoisotopic (exact) mass is 256 g/mol. The minimum absolute atomic E-state index is 0.163. The summed E-state index contributed by atoms with van der Waals surface area (Å²) < 4.78 is 6.83. The summed E-state index contributed by atoms with van der Waals surface area (Å²) in [5, 5.41) is 10.1. The second kappa shape index (κ2) is 4.43. The van der Waals surface area contributed by atoms with Gasteiger partial charge in [-0.25, -0.2) is 0 Å². The molecule has 0 atom stereocenters. The van der Waals surface area contributed by atoms with Crippen LogP contribution in [0, 0.1) is 11.3 Å². The Labute approximate surface area is 111 Å². The van der Waals surface area contributed by atoms with Crippen molar-refractivity contribution in [2.75, 3.05) is 7.11 Å². The van der Waals surface area contributed by atoms with Crippen LogP contribution >= 0.6 is 0 Å². The summed E-state index contributed by atoms with van der Waals surface area (Å²) in [5.41, 5.74) is 0.265. The Balaban J connectivity index is 2.93. The van der Waals surface area contributed by atoms with Crippen LogP contribution in [0.15, 0.2) is 29.1 Å². The number of methoxy groups -OCH3 is 1. The first-order chi connectivity index (χ1) is 8.92. The molecular formula is C15H16N2O2. The van der Waals surface area contributed by atoms with Crippen molar-refractivity contribution in [3.63, 3.8) is 0 Å². The molecule has 2 rings (SSSR count). The number of hydrogen-bond donors (Lipinski definition) is 0. The predicted octanol–water partition coefficient (Wildman–Crippen LogP) is 2.35. The fourth-order valence-electron chi connectivity index (χ4n) is 2.19. The normalized spacial score (nSPS) is 11.3. The van der Waals surface area contributed by atoms with Gasteiger partial charge in [0, 0.05) is 18.0 Å². The zero-order valence-corrected chi connectivity index (χ0v) is 11.5. The quantitative estimate of drug-likeness (QED) is 0.828. The fraction of sp³-hybridized carbons (Fsp3) is 0.333. The number of benzene rings is 1. The molecule has 1 aromatic heterocycles. The molecule has 4 nitrogen and oxygen atoms in total. The Morgan fingerprint density at radius 1 is 1.37 bits per heavy atom. The number of hydrogen-bond acceptors (Lipinski definition) is 3. The van der Waals surface area contributed by atoms with Gasteiger partial charge in [-0.2, -0.15) is 5.26 Å². The third kappa shape index (κ3) is 1.97. The molecule has 0 saturated carbocycles. The zero-order valence-electron chi connectivity index (χ0n) is 11.5. The largest absolute Gasteiger partial charge is 0.495 e. The van der Waals surface area contributed by atoms with E-state index in [0.29, 0.717) is 11.3 Å². The average Bonchev–Trinajstić information content (AvgIpc) is 2.41. The van der Waals surface area contributed by atoms with Crippen molar-refractivity contribution < 1.29 is 4.74 Å². The maximum atomic E-state index is 12.4. The lowest BCUT2D eigenvalue weighted by atomic mass is 9.86. The Morgan fingerprint density at radius 2 is 2.05 bits per heavy atom. The lowest BCUT2D eigenvalue weighted by Gasteiger charge is -2.18. The van der Waals surface area contributed by atoms with E-state index in [1.54, 1.807) is 38.6 Å². The van der Waals surface area contributed by atoms with Crippen LogP contribution in [0.4, 0.5) is 0 Å². The molecule has 0 saturated heterocycles. The van der Waals surface area contributed by atoms with Crippen molar-refractivity contribution in [1.82, 2.24) is 4.57 Å². The van der Waals surface area contributed by atoms with Crippen molar-refractivity contribution >= 4 is 10.9 Å². The van der Waals surface area contributed by atoms with Gasteiger partial charge in [-0.1, -0.05) is 12.1 Å². The van der Waals surface area contributed by atoms with Crippen LogP contribution in [0.25, 0.3) is 10.9 Å². The first-order valence-corrected chi connectivity index (χ1v) is 6.01. The van der Waals surface area contributed by atoms with E-state index in [4.69, 9.17) is 4.74 Å². The number of nitrogens with zero attached hydrogens (tertiary/aromatic N) is 2. The van der Waals surface area contributed by atoms with Gasteiger partial charge in [-0.15, -0.1) is 0 Å². The lowest BCUT2D eigenvalue weighted by Crippen LogP contribution is -2.30. The van der Waals surface area contributed by atoms with Crippen molar-refractivity contribution in [1.29, 1.82) is 5.26 Å². The van der Waals surface area contributed by atoms with Gasteiger partial charge in [0.2, 0.25) is 0 Å². The minimum atomic E-state index is -0.813. The summed E-state index contributed by atoms with van der Waals surface area (Å²) in [5.74, 6) is 0.651. The number of ether oxygens (including phenoxy) is 1. The second-order valence-electron chi connectivity index (χ2n) is 5.06. The van der Waals surface area contributed by atoms with Crippen LogP contribution in [-0.2, 0) is 12.5 Å². The highest BCUT2D eigenvalue weighted by atomic mass is 16.5. The topological polar surface area (TPSA) is 55.0 Å². The molecule has 1 aromatic carbocycles. The Morgan fingerprint density at radius 3 is 2.63 bits per heavy atom. The van der Waals surface area contributed by atoms with E-state index in [9.17, 15) is 10.1 Å². The summed E-state index contributed by atoms with van der Waals surface area (Å²) >= 11 is 0. The maximum Gasteiger partial charge on any atom is 0.255 e. The second-order valence-corrected chi connectivity index (χ2v) is 5.06. The molecule has 0 aliphatic rings. The highest BCUT2D eigenvalue weighted by molar-refractivity contribution is 5.85. The standard InChI is InChI=1S/C15H16N2O2/c1-15(2,9-16)11-8-10-6-5-7-12(19-4)13(10)17(3)14(11)18/h5-8H,1-4H3. The lowest BCUT2D eigenvalue weighted by molar-refractivity contribution is 0.417. The van der Waals surface area contributed by atoms with E-state index < -0.39 is 5.41 Å². The van der Waals surface area contributed by atoms with Gasteiger partial charge in [-0.3, -0.25) is 4.79 Å². The summed E-state index contributed by atoms with van der Waals surface area (Å²) in [4.78, 5) is 12.4. The number of aromatic nitrogens is 1. The summed E-state index contributed by atoms with van der Waals surface area (Å²) in [6, 6.07) is 9.55. The van der Waals surface area contributed by atoms with Crippen molar-refractivity contribution in [2.24, 2.45) is 7.05 Å². The molecule has 4 heteroatoms. The van der Waals surface area contributed by atoms with E-state index in [0.717, 1.165) is 10.9 Å². The zero-order chi connectivity index (χ0) is 14.2. The first-order valence-electron chi connectivity index (χ1n) is 6.01. The van der Waals surface area contributed by atoms with Crippen molar-refractivity contribution in [3.8, 4) is 11.8 Å². The molecular weight excluding hydrogens is 240 g/mol. The van der Waals surface area contributed by atoms with E-state index in [-0.39, 0.29) is 5.56 Å². The van der Waals surface area contributed by atoms with Crippen LogP contribution in [0.3, 0.4) is 0 Å². The average molecular weight is 256 g/mol. The molecule has 0 amide bonds. The molecule has 2 aromatic rings. The van der Waals surface area contributed by atoms with E-state index in [2.05, 4.69) is 6.07 Å². The van der Waals surface area contributed by atoms with E-state index in [1.165, 1.54) is 0 Å². The molecule has 1 heterocycles. The first kappa shape index (κ1) is 13.2. The molecule has 0 N–H and O–H groups in total. The summed E-state index contributed by atoms with van der Waals surface area (Å²) in [6.07, 6.45) is 0. The molecule has 0 unspecified atom stereocenters. The van der Waals surface area contributed by atoms with Crippen LogP contribution < -0.4 is 10.3 Å². The van der Waals surface area contributed by atoms with Crippen LogP contribution in [-0.4, -0.2) is 11.7 Å². The van der Waals surface area contributed by atoms with Crippen LogP contribution in [0.5, 0.6) is 5.75 Å². The van der Waals surface area contributed by atoms with Gasteiger partial charge in [0.25, 0.3) is 5.56 Å². The molecule has 19 heavy (non-hydrogen) atoms. The molecule has 0 fully saturated rings. The minimum Gasteiger partial charge on any atom is -0.495 e. The smallest absolute Gasteiger partial charge is 0.255 e. The SMILES string of the molecule is COc1cccc2cc(C(C)(C)C#N)c(=O)n(C)c12. The molecule has 98 valence electrons. The fourth-order valence-corrected chi connectivity index (χ4v) is 2.19. The van der Waals surface area contributed by atoms with E-state index >= 15 is 0 Å². The summed E-state index contributed by atoms with van der Waals surface area (Å²) in [7, 11) is 3.27. The molecule has 0 aliphatic heterocycles. The van der Waals surface area contributed by atoms with Gasteiger partial charge in [0.15, 0.2) is 0 Å². The Kier molecular flexibility index (Phi) is 3.07. The van der Waals surface area contributed by atoms with Gasteiger partial charge < -0.3 is 9.30 Å². The number of pyridine rings is 1. The predicted molar refractivity (Wildman–Crippen MR) is 74.4 cm³/mol. The molecule has 0 spiro atoms. The highest BCUT2D eigenvalue weighted by Crippen LogP contribution is 2.27.